The van der Waals surface area contributed by atoms with Crippen LogP contribution in [0, 0.1) is 13.8 Å². The molecule has 29 heavy (non-hydrogen) atoms. The van der Waals surface area contributed by atoms with Crippen molar-refractivity contribution in [2.45, 2.75) is 41.5 Å². The molecule has 0 aliphatic carbocycles. The highest BCUT2D eigenvalue weighted by Crippen LogP contribution is 2.27. The van der Waals surface area contributed by atoms with Gasteiger partial charge in [0.2, 0.25) is 5.91 Å². The zero-order valence-corrected chi connectivity index (χ0v) is 18.4. The van der Waals surface area contributed by atoms with E-state index >= 15 is 0 Å². The molecule has 1 aromatic carbocycles. The number of amides is 3. The van der Waals surface area contributed by atoms with Gasteiger partial charge in [0.15, 0.2) is 0 Å². The molecule has 0 bridgehead atoms. The van der Waals surface area contributed by atoms with Gasteiger partial charge in [0, 0.05) is 17.1 Å². The number of nitrogens with one attached hydrogen (secondary N) is 3. The maximum Gasteiger partial charge on any atom is 0.323 e. The van der Waals surface area contributed by atoms with Gasteiger partial charge in [0.05, 0.1) is 6.54 Å². The number of hydrogen-bond donors (Lipinski definition) is 3. The fourth-order valence-electron chi connectivity index (χ4n) is 2.75. The maximum absolute atomic E-state index is 12.4. The van der Waals surface area contributed by atoms with Gasteiger partial charge in [-0.15, -0.1) is 0 Å². The van der Waals surface area contributed by atoms with Crippen molar-refractivity contribution in [3.05, 3.63) is 59.3 Å². The van der Waals surface area contributed by atoms with Gasteiger partial charge in [-0.3, -0.25) is 9.69 Å². The number of urea groups is 1. The summed E-state index contributed by atoms with van der Waals surface area (Å²) in [7, 11) is 0. The number of benzene rings is 1. The topological polar surface area (TPSA) is 73.5 Å². The number of hydrogen-bond acceptors (Lipinski definition) is 3. The molecule has 1 rings (SSSR count). The smallest absolute Gasteiger partial charge is 0.323 e. The first-order chi connectivity index (χ1) is 13.8. The van der Waals surface area contributed by atoms with Gasteiger partial charge in [-0.2, -0.15) is 0 Å². The first-order valence-corrected chi connectivity index (χ1v) is 9.98. The van der Waals surface area contributed by atoms with Crippen LogP contribution in [0.3, 0.4) is 0 Å². The molecule has 3 N–H and O–H groups in total. The first-order valence-electron chi connectivity index (χ1n) is 9.98. The summed E-state index contributed by atoms with van der Waals surface area (Å²) < 4.78 is 0. The summed E-state index contributed by atoms with van der Waals surface area (Å²) >= 11 is 0. The first kappa shape index (κ1) is 24.2. The normalized spacial score (nSPS) is 12.0. The van der Waals surface area contributed by atoms with E-state index in [0.29, 0.717) is 12.2 Å². The Hall–Kier alpha value is -2.86. The number of rotatable bonds is 9. The number of carbonyl (C=O) groups is 2. The summed E-state index contributed by atoms with van der Waals surface area (Å²) in [5.74, 6) is -0.0619. The summed E-state index contributed by atoms with van der Waals surface area (Å²) in [5.41, 5.74) is 3.89. The summed E-state index contributed by atoms with van der Waals surface area (Å²) in [4.78, 5) is 26.8. The summed E-state index contributed by atoms with van der Waals surface area (Å²) in [5, 5.41) is 8.64. The van der Waals surface area contributed by atoms with E-state index in [9.17, 15) is 9.59 Å². The lowest BCUT2D eigenvalue weighted by Crippen LogP contribution is -2.33. The highest BCUT2D eigenvalue weighted by molar-refractivity contribution is 5.97. The van der Waals surface area contributed by atoms with Gasteiger partial charge < -0.3 is 16.0 Å². The lowest BCUT2D eigenvalue weighted by Gasteiger charge is -2.20. The van der Waals surface area contributed by atoms with E-state index in [1.54, 1.807) is 0 Å². The molecule has 1 aromatic rings. The van der Waals surface area contributed by atoms with E-state index in [1.165, 1.54) is 0 Å². The number of anilines is 2. The minimum atomic E-state index is -0.328. The predicted octanol–water partition coefficient (Wildman–Crippen LogP) is 4.74. The van der Waals surface area contributed by atoms with Crippen LogP contribution < -0.4 is 16.0 Å². The number of nitrogens with zero attached hydrogens (tertiary/aromatic N) is 1. The van der Waals surface area contributed by atoms with Gasteiger partial charge >= 0.3 is 6.03 Å². The maximum atomic E-state index is 12.4. The highest BCUT2D eigenvalue weighted by atomic mass is 16.2. The van der Waals surface area contributed by atoms with Gasteiger partial charge in [-0.25, -0.2) is 4.79 Å². The summed E-state index contributed by atoms with van der Waals surface area (Å²) in [6, 6.07) is 3.40. The molecule has 0 saturated carbocycles. The van der Waals surface area contributed by atoms with E-state index in [1.807, 2.05) is 84.1 Å². The van der Waals surface area contributed by atoms with Crippen LogP contribution in [0.4, 0.5) is 16.2 Å². The fraction of sp³-hybridized carbons (Fsp3) is 0.391. The Morgan fingerprint density at radius 2 is 1.72 bits per heavy atom. The molecule has 6 nitrogen and oxygen atoms in total. The van der Waals surface area contributed by atoms with Gasteiger partial charge in [0.25, 0.3) is 0 Å². The van der Waals surface area contributed by atoms with Crippen molar-refractivity contribution in [1.29, 1.82) is 0 Å². The third-order valence-corrected chi connectivity index (χ3v) is 4.52. The van der Waals surface area contributed by atoms with Crippen molar-refractivity contribution >= 4 is 23.3 Å². The number of allylic oxidation sites excluding steroid dienone is 6. The van der Waals surface area contributed by atoms with E-state index < -0.39 is 0 Å². The molecule has 0 aliphatic rings. The second kappa shape index (κ2) is 12.6. The monoisotopic (exact) mass is 398 g/mol. The van der Waals surface area contributed by atoms with Crippen LogP contribution in [0.25, 0.3) is 0 Å². The largest absolute Gasteiger partial charge is 0.324 e. The molecule has 0 heterocycles. The highest BCUT2D eigenvalue weighted by Gasteiger charge is 2.14. The van der Waals surface area contributed by atoms with Gasteiger partial charge in [-0.1, -0.05) is 44.2 Å². The van der Waals surface area contributed by atoms with Gasteiger partial charge in [-0.05, 0) is 64.1 Å². The van der Waals surface area contributed by atoms with E-state index in [4.69, 9.17) is 0 Å². The summed E-state index contributed by atoms with van der Waals surface area (Å²) in [6.45, 7) is 13.6. The van der Waals surface area contributed by atoms with E-state index in [-0.39, 0.29) is 11.9 Å². The number of aryl methyl sites for hydroxylation is 1. The van der Waals surface area contributed by atoms with Crippen LogP contribution >= 0.6 is 0 Å². The molecule has 3 amide bonds. The van der Waals surface area contributed by atoms with Crippen LogP contribution in [0.2, 0.25) is 0 Å². The van der Waals surface area contributed by atoms with Crippen molar-refractivity contribution in [1.82, 2.24) is 10.2 Å². The zero-order chi connectivity index (χ0) is 21.8. The number of likely N-dealkylation sites (N-methyl/N-ethyl adjacent to an activating group) is 1. The summed E-state index contributed by atoms with van der Waals surface area (Å²) in [6.07, 6.45) is 9.41. The minimum absolute atomic E-state index is 0.0619. The minimum Gasteiger partial charge on any atom is -0.324 e. The van der Waals surface area contributed by atoms with Crippen molar-refractivity contribution in [3.8, 4) is 0 Å². The SMILES string of the molecule is C\C=C/C=C\C=C(/C)NC(=O)Nc1ccc(C)c(NC(=O)CN(CC)CC)c1C. The standard InChI is InChI=1S/C23H34N4O2/c1-7-10-11-12-13-18(5)24-23(29)25-20-15-14-17(4)22(19(20)6)26-21(28)16-27(8-2)9-3/h7,10-15H,8-9,16H2,1-6H3,(H,26,28)(H2,24,25,29)/b10-7-,12-11-,18-13+. The van der Waals surface area contributed by atoms with Crippen molar-refractivity contribution in [3.63, 3.8) is 0 Å². The van der Waals surface area contributed by atoms with Crippen LogP contribution in [0.15, 0.2) is 48.2 Å². The molecule has 0 spiro atoms. The average molecular weight is 399 g/mol. The molecular formula is C23H34N4O2. The molecule has 0 aliphatic heterocycles. The third-order valence-electron chi connectivity index (χ3n) is 4.52. The van der Waals surface area contributed by atoms with Crippen molar-refractivity contribution in [2.24, 2.45) is 0 Å². The molecule has 6 heteroatoms. The Labute approximate surface area is 174 Å². The molecular weight excluding hydrogens is 364 g/mol. The molecule has 0 fully saturated rings. The second-order valence-electron chi connectivity index (χ2n) is 6.78. The molecule has 0 radical (unpaired) electrons. The second-order valence-corrected chi connectivity index (χ2v) is 6.78. The Bertz CT molecular complexity index is 790. The average Bonchev–Trinajstić information content (AvgIpc) is 2.68. The third kappa shape index (κ3) is 8.35. The Balaban J connectivity index is 2.85. The van der Waals surface area contributed by atoms with E-state index in [0.717, 1.165) is 35.6 Å². The van der Waals surface area contributed by atoms with Gasteiger partial charge in [0.1, 0.15) is 0 Å². The molecule has 0 aromatic heterocycles. The quantitative estimate of drug-likeness (QED) is 0.526. The van der Waals surface area contributed by atoms with Crippen LogP contribution in [0.1, 0.15) is 38.8 Å². The zero-order valence-electron chi connectivity index (χ0n) is 18.4. The molecule has 0 saturated heterocycles. The Morgan fingerprint density at radius 3 is 2.34 bits per heavy atom. The fourth-order valence-corrected chi connectivity index (χ4v) is 2.75. The van der Waals surface area contributed by atoms with Crippen LogP contribution in [-0.4, -0.2) is 36.5 Å². The lowest BCUT2D eigenvalue weighted by atomic mass is 10.1. The predicted molar refractivity (Wildman–Crippen MR) is 122 cm³/mol. The molecule has 0 unspecified atom stereocenters. The lowest BCUT2D eigenvalue weighted by molar-refractivity contribution is -0.117. The Kier molecular flexibility index (Phi) is 10.5. The molecule has 0 atom stereocenters. The van der Waals surface area contributed by atoms with Crippen molar-refractivity contribution in [2.75, 3.05) is 30.3 Å². The number of carbonyl (C=O) groups excluding carboxylic acids is 2. The van der Waals surface area contributed by atoms with Crippen molar-refractivity contribution < 1.29 is 9.59 Å². The molecule has 158 valence electrons. The Morgan fingerprint density at radius 1 is 1.03 bits per heavy atom. The van der Waals surface area contributed by atoms with E-state index in [2.05, 4.69) is 20.9 Å². The van der Waals surface area contributed by atoms with Crippen LogP contribution in [0.5, 0.6) is 0 Å². The van der Waals surface area contributed by atoms with Crippen LogP contribution in [-0.2, 0) is 4.79 Å².